The fourth-order valence-electron chi connectivity index (χ4n) is 3.38. The van der Waals surface area contributed by atoms with Crippen LogP contribution in [0, 0.1) is 0 Å². The molecule has 2 N–H and O–H groups in total. The molecule has 5 nitrogen and oxygen atoms in total. The molecule has 0 aliphatic heterocycles. The minimum absolute atomic E-state index is 0.255. The molecule has 0 radical (unpaired) electrons. The van der Waals surface area contributed by atoms with Crippen molar-refractivity contribution >= 4 is 5.96 Å². The molecule has 5 heteroatoms. The van der Waals surface area contributed by atoms with Crippen molar-refractivity contribution in [2.75, 3.05) is 26.7 Å². The molecule has 0 saturated heterocycles. The van der Waals surface area contributed by atoms with Crippen LogP contribution < -0.4 is 10.6 Å². The van der Waals surface area contributed by atoms with Crippen LogP contribution in [-0.4, -0.2) is 32.7 Å². The molecule has 1 heterocycles. The smallest absolute Gasteiger partial charge is 0.191 e. The summed E-state index contributed by atoms with van der Waals surface area (Å²) in [5.41, 5.74) is 1.69. The van der Waals surface area contributed by atoms with E-state index in [0.29, 0.717) is 13.2 Å². The van der Waals surface area contributed by atoms with E-state index in [1.165, 1.54) is 24.8 Å². The highest BCUT2D eigenvalue weighted by molar-refractivity contribution is 5.79. The molecule has 2 aromatic rings. The molecule has 1 aromatic heterocycles. The van der Waals surface area contributed by atoms with Gasteiger partial charge in [-0.05, 0) is 37.0 Å². The molecule has 1 aliphatic rings. The van der Waals surface area contributed by atoms with Crippen molar-refractivity contribution in [2.24, 2.45) is 4.99 Å². The maximum absolute atomic E-state index is 5.60. The van der Waals surface area contributed by atoms with E-state index in [-0.39, 0.29) is 5.41 Å². The Bertz CT molecular complexity index is 664. The largest absolute Gasteiger partial charge is 0.467 e. The molecule has 1 fully saturated rings. The van der Waals surface area contributed by atoms with Crippen molar-refractivity contribution in [2.45, 2.75) is 37.7 Å². The first-order chi connectivity index (χ1) is 12.8. The number of hydrogen-bond donors (Lipinski definition) is 2. The monoisotopic (exact) mass is 355 g/mol. The third-order valence-corrected chi connectivity index (χ3v) is 5.10. The summed E-state index contributed by atoms with van der Waals surface area (Å²) in [4.78, 5) is 4.34. The van der Waals surface area contributed by atoms with E-state index in [0.717, 1.165) is 31.2 Å². The molecule has 0 atom stereocenters. The lowest BCUT2D eigenvalue weighted by Crippen LogP contribution is -2.49. The number of benzene rings is 1. The SMILES string of the molecule is CN=C(NCCCOCc1ccco1)NCC1(c2ccccc2)CCC1. The topological polar surface area (TPSA) is 58.8 Å². The molecule has 140 valence electrons. The lowest BCUT2D eigenvalue weighted by Gasteiger charge is -2.43. The molecule has 1 aromatic carbocycles. The number of furan rings is 1. The van der Waals surface area contributed by atoms with E-state index >= 15 is 0 Å². The van der Waals surface area contributed by atoms with Gasteiger partial charge in [0, 0.05) is 32.2 Å². The fourth-order valence-corrected chi connectivity index (χ4v) is 3.38. The Hall–Kier alpha value is -2.27. The number of aliphatic imine (C=N–C) groups is 1. The number of rotatable bonds is 9. The van der Waals surface area contributed by atoms with Crippen molar-refractivity contribution in [3.8, 4) is 0 Å². The molecule has 0 spiro atoms. The van der Waals surface area contributed by atoms with Crippen LogP contribution in [0.1, 0.15) is 37.0 Å². The Kier molecular flexibility index (Phi) is 6.72. The van der Waals surface area contributed by atoms with E-state index in [9.17, 15) is 0 Å². The summed E-state index contributed by atoms with van der Waals surface area (Å²) in [6, 6.07) is 14.6. The van der Waals surface area contributed by atoms with Crippen LogP contribution in [0.25, 0.3) is 0 Å². The quantitative estimate of drug-likeness (QED) is 0.411. The van der Waals surface area contributed by atoms with Gasteiger partial charge in [-0.1, -0.05) is 36.8 Å². The molecule has 0 unspecified atom stereocenters. The Labute approximate surface area is 155 Å². The summed E-state index contributed by atoms with van der Waals surface area (Å²) in [7, 11) is 1.82. The van der Waals surface area contributed by atoms with Crippen LogP contribution >= 0.6 is 0 Å². The average molecular weight is 355 g/mol. The van der Waals surface area contributed by atoms with Crippen LogP contribution in [0.3, 0.4) is 0 Å². The van der Waals surface area contributed by atoms with Crippen molar-refractivity contribution in [3.63, 3.8) is 0 Å². The van der Waals surface area contributed by atoms with Gasteiger partial charge in [0.2, 0.25) is 0 Å². The number of nitrogens with one attached hydrogen (secondary N) is 2. The van der Waals surface area contributed by atoms with Gasteiger partial charge >= 0.3 is 0 Å². The molecule has 1 saturated carbocycles. The summed E-state index contributed by atoms with van der Waals surface area (Å²) in [5, 5.41) is 6.88. The lowest BCUT2D eigenvalue weighted by molar-refractivity contribution is 0.105. The maximum atomic E-state index is 5.60. The van der Waals surface area contributed by atoms with Gasteiger partial charge in [0.1, 0.15) is 12.4 Å². The molecule has 26 heavy (non-hydrogen) atoms. The highest BCUT2D eigenvalue weighted by Gasteiger charge is 2.38. The van der Waals surface area contributed by atoms with E-state index in [2.05, 4.69) is 46.0 Å². The van der Waals surface area contributed by atoms with Crippen molar-refractivity contribution in [1.82, 2.24) is 10.6 Å². The van der Waals surface area contributed by atoms with Crippen LogP contribution in [0.5, 0.6) is 0 Å². The van der Waals surface area contributed by atoms with Gasteiger partial charge in [-0.3, -0.25) is 4.99 Å². The van der Waals surface area contributed by atoms with Crippen LogP contribution in [-0.2, 0) is 16.8 Å². The molecule has 0 bridgehead atoms. The first-order valence-electron chi connectivity index (χ1n) is 9.43. The zero-order valence-corrected chi connectivity index (χ0v) is 15.5. The second kappa shape index (κ2) is 9.43. The second-order valence-corrected chi connectivity index (χ2v) is 6.84. The normalized spacial score (nSPS) is 16.1. The summed E-state index contributed by atoms with van der Waals surface area (Å²) < 4.78 is 10.8. The summed E-state index contributed by atoms with van der Waals surface area (Å²) in [5.74, 6) is 1.72. The predicted octanol–water partition coefficient (Wildman–Crippen LogP) is 3.47. The van der Waals surface area contributed by atoms with E-state index in [1.54, 1.807) is 6.26 Å². The van der Waals surface area contributed by atoms with Gasteiger partial charge in [-0.15, -0.1) is 0 Å². The third-order valence-electron chi connectivity index (χ3n) is 5.10. The zero-order chi connectivity index (χ0) is 18.1. The molecule has 0 amide bonds. The van der Waals surface area contributed by atoms with Gasteiger partial charge < -0.3 is 19.8 Å². The lowest BCUT2D eigenvalue weighted by atomic mass is 9.64. The standard InChI is InChI=1S/C21H29N3O2/c1-22-20(23-13-7-14-25-16-19-10-5-15-26-19)24-17-21(11-6-12-21)18-8-3-2-4-9-18/h2-5,8-10,15H,6-7,11-14,16-17H2,1H3,(H2,22,23,24). The Morgan fingerprint density at radius 2 is 2.00 bits per heavy atom. The maximum Gasteiger partial charge on any atom is 0.191 e. The molecular weight excluding hydrogens is 326 g/mol. The summed E-state index contributed by atoms with van der Waals surface area (Å²) >= 11 is 0. The van der Waals surface area contributed by atoms with Gasteiger partial charge in [0.05, 0.1) is 6.26 Å². The minimum atomic E-state index is 0.255. The van der Waals surface area contributed by atoms with E-state index in [4.69, 9.17) is 9.15 Å². The minimum Gasteiger partial charge on any atom is -0.467 e. The number of nitrogens with zero attached hydrogens (tertiary/aromatic N) is 1. The molecule has 1 aliphatic carbocycles. The van der Waals surface area contributed by atoms with Gasteiger partial charge in [-0.25, -0.2) is 0 Å². The zero-order valence-electron chi connectivity index (χ0n) is 15.5. The fraction of sp³-hybridized carbons (Fsp3) is 0.476. The average Bonchev–Trinajstić information content (AvgIpc) is 3.16. The Morgan fingerprint density at radius 3 is 2.65 bits per heavy atom. The molecule has 3 rings (SSSR count). The van der Waals surface area contributed by atoms with Gasteiger partial charge in [0.25, 0.3) is 0 Å². The second-order valence-electron chi connectivity index (χ2n) is 6.84. The summed E-state index contributed by atoms with van der Waals surface area (Å²) in [6.45, 7) is 2.97. The van der Waals surface area contributed by atoms with Crippen molar-refractivity contribution in [3.05, 3.63) is 60.1 Å². The van der Waals surface area contributed by atoms with E-state index in [1.807, 2.05) is 19.2 Å². The Balaban J connectivity index is 1.35. The van der Waals surface area contributed by atoms with Gasteiger partial charge in [-0.2, -0.15) is 0 Å². The Morgan fingerprint density at radius 1 is 1.15 bits per heavy atom. The van der Waals surface area contributed by atoms with Gasteiger partial charge in [0.15, 0.2) is 5.96 Å². The first-order valence-corrected chi connectivity index (χ1v) is 9.43. The van der Waals surface area contributed by atoms with Crippen LogP contribution in [0.15, 0.2) is 58.1 Å². The summed E-state index contributed by atoms with van der Waals surface area (Å²) in [6.07, 6.45) is 6.37. The van der Waals surface area contributed by atoms with Crippen molar-refractivity contribution in [1.29, 1.82) is 0 Å². The number of guanidine groups is 1. The third kappa shape index (κ3) is 4.88. The molecular formula is C21H29N3O2. The first kappa shape index (κ1) is 18.5. The number of ether oxygens (including phenoxy) is 1. The van der Waals surface area contributed by atoms with Crippen molar-refractivity contribution < 1.29 is 9.15 Å². The highest BCUT2D eigenvalue weighted by Crippen LogP contribution is 2.43. The van der Waals surface area contributed by atoms with Crippen LogP contribution in [0.4, 0.5) is 0 Å². The predicted molar refractivity (Wildman–Crippen MR) is 104 cm³/mol. The highest BCUT2D eigenvalue weighted by atomic mass is 16.5. The van der Waals surface area contributed by atoms with Crippen LogP contribution in [0.2, 0.25) is 0 Å². The van der Waals surface area contributed by atoms with E-state index < -0.39 is 0 Å². The number of hydrogen-bond acceptors (Lipinski definition) is 3.